The second-order valence-electron chi connectivity index (χ2n) is 12.2. The minimum Gasteiger partial charge on any atom is -0.481 e. The van der Waals surface area contributed by atoms with Gasteiger partial charge in [-0.2, -0.15) is 0 Å². The molecule has 2 N–H and O–H groups in total. The van der Waals surface area contributed by atoms with Gasteiger partial charge in [0.1, 0.15) is 0 Å². The van der Waals surface area contributed by atoms with Crippen LogP contribution < -0.4 is 0 Å². The maximum absolute atomic E-state index is 10.3. The predicted molar refractivity (Wildman–Crippen MR) is 186 cm³/mol. The van der Waals surface area contributed by atoms with Crippen molar-refractivity contribution in [1.82, 2.24) is 0 Å². The van der Waals surface area contributed by atoms with E-state index in [2.05, 4.69) is 13.8 Å². The molecule has 0 aliphatic carbocycles. The number of carboxylic acids is 2. The third-order valence-electron chi connectivity index (χ3n) is 7.99. The van der Waals surface area contributed by atoms with Crippen LogP contribution in [0.2, 0.25) is 0 Å². The molecule has 0 aromatic heterocycles. The Morgan fingerprint density at radius 3 is 0.595 bits per heavy atom. The van der Waals surface area contributed by atoms with Gasteiger partial charge >= 0.3 is 58.0 Å². The summed E-state index contributed by atoms with van der Waals surface area (Å²) in [6.45, 7) is 4.54. The van der Waals surface area contributed by atoms with Crippen LogP contribution in [0, 0.1) is 0 Å². The first-order valence-corrected chi connectivity index (χ1v) is 18.0. The van der Waals surface area contributed by atoms with Crippen LogP contribution in [0.1, 0.15) is 219 Å². The molecule has 0 fully saturated rings. The molecule has 42 heavy (non-hydrogen) atoms. The van der Waals surface area contributed by atoms with E-state index in [4.69, 9.17) is 10.2 Å². The molecule has 0 aliphatic rings. The van der Waals surface area contributed by atoms with Gasteiger partial charge in [-0.1, -0.05) is 194 Å². The van der Waals surface area contributed by atoms with E-state index >= 15 is 0 Å². The van der Waals surface area contributed by atoms with E-state index in [0.717, 1.165) is 25.7 Å². The molecule has 0 aromatic carbocycles. The fraction of sp³-hybridized carbons (Fsp3) is 0.944. The summed E-state index contributed by atoms with van der Waals surface area (Å²) in [5.74, 6) is -1.31. The Hall–Kier alpha value is 0.472. The maximum atomic E-state index is 10.3. The van der Waals surface area contributed by atoms with Gasteiger partial charge in [0.05, 0.1) is 0 Å². The van der Waals surface area contributed by atoms with E-state index in [1.807, 2.05) is 0 Å². The van der Waals surface area contributed by atoms with Gasteiger partial charge in [-0.25, -0.2) is 0 Å². The van der Waals surface area contributed by atoms with Crippen LogP contribution in [0.3, 0.4) is 0 Å². The van der Waals surface area contributed by atoms with Gasteiger partial charge in [-0.05, 0) is 12.8 Å². The number of unbranched alkanes of at least 4 members (excludes halogenated alkanes) is 28. The van der Waals surface area contributed by atoms with Crippen molar-refractivity contribution >= 4 is 58.0 Å². The minimum absolute atomic E-state index is 0. The zero-order valence-corrected chi connectivity index (χ0v) is 31.6. The summed E-state index contributed by atoms with van der Waals surface area (Å²) >= 11 is 0. The van der Waals surface area contributed by atoms with Crippen LogP contribution in [-0.2, 0) is 9.59 Å². The Labute approximate surface area is 295 Å². The standard InChI is InChI=1S/2C18H36O2.2Mg/c2*1-2-3-4-5-6-7-8-9-10-11-12-13-14-15-16-17-18(19)20;;/h2*2-17H2,1H3,(H,19,20);;/q;;2*+2. The van der Waals surface area contributed by atoms with Crippen LogP contribution in [0.25, 0.3) is 0 Å². The number of carboxylic acid groups (broad SMARTS) is 2. The first-order chi connectivity index (χ1) is 19.5. The molecule has 0 saturated heterocycles. The Bertz CT molecular complexity index is 459. The third-order valence-corrected chi connectivity index (χ3v) is 7.99. The molecule has 0 amide bonds. The van der Waals surface area contributed by atoms with Gasteiger partial charge in [-0.3, -0.25) is 9.59 Å². The van der Waals surface area contributed by atoms with E-state index in [1.165, 1.54) is 167 Å². The van der Waals surface area contributed by atoms with E-state index in [0.29, 0.717) is 12.8 Å². The molecule has 240 valence electrons. The van der Waals surface area contributed by atoms with E-state index in [-0.39, 0.29) is 46.1 Å². The zero-order valence-electron chi connectivity index (χ0n) is 28.8. The molecule has 0 radical (unpaired) electrons. The summed E-state index contributed by atoms with van der Waals surface area (Å²) < 4.78 is 0. The van der Waals surface area contributed by atoms with E-state index < -0.39 is 11.9 Å². The van der Waals surface area contributed by atoms with Crippen LogP contribution >= 0.6 is 0 Å². The summed E-state index contributed by atoms with van der Waals surface area (Å²) in [4.78, 5) is 20.7. The van der Waals surface area contributed by atoms with Gasteiger partial charge in [0.25, 0.3) is 0 Å². The molecular formula is C36H72Mg2O4+4. The van der Waals surface area contributed by atoms with Crippen LogP contribution in [0.15, 0.2) is 0 Å². The van der Waals surface area contributed by atoms with Crippen LogP contribution in [0.5, 0.6) is 0 Å². The summed E-state index contributed by atoms with van der Waals surface area (Å²) in [6.07, 6.45) is 40.4. The van der Waals surface area contributed by atoms with Gasteiger partial charge in [0.15, 0.2) is 0 Å². The minimum atomic E-state index is -0.653. The molecule has 0 aliphatic heterocycles. The second-order valence-corrected chi connectivity index (χ2v) is 12.2. The Morgan fingerprint density at radius 1 is 0.310 bits per heavy atom. The maximum Gasteiger partial charge on any atom is 2.00 e. The van der Waals surface area contributed by atoms with E-state index in [9.17, 15) is 9.59 Å². The zero-order chi connectivity index (χ0) is 29.8. The first-order valence-electron chi connectivity index (χ1n) is 18.0. The fourth-order valence-corrected chi connectivity index (χ4v) is 5.30. The van der Waals surface area contributed by atoms with Crippen LogP contribution in [-0.4, -0.2) is 68.3 Å². The molecule has 0 aromatic rings. The van der Waals surface area contributed by atoms with Gasteiger partial charge in [-0.15, -0.1) is 0 Å². The number of hydrogen-bond acceptors (Lipinski definition) is 2. The molecule has 0 bridgehead atoms. The van der Waals surface area contributed by atoms with Crippen molar-refractivity contribution in [2.24, 2.45) is 0 Å². The van der Waals surface area contributed by atoms with E-state index in [1.54, 1.807) is 0 Å². The number of hydrogen-bond donors (Lipinski definition) is 2. The molecule has 0 rings (SSSR count). The Morgan fingerprint density at radius 2 is 0.452 bits per heavy atom. The van der Waals surface area contributed by atoms with Gasteiger partial charge < -0.3 is 10.2 Å². The normalized spacial score (nSPS) is 10.3. The van der Waals surface area contributed by atoms with Crippen molar-refractivity contribution in [3.8, 4) is 0 Å². The molecule has 4 nitrogen and oxygen atoms in total. The largest absolute Gasteiger partial charge is 2.00 e. The van der Waals surface area contributed by atoms with Crippen molar-refractivity contribution < 1.29 is 19.8 Å². The average Bonchev–Trinajstić information content (AvgIpc) is 2.93. The molecular weight excluding hydrogens is 545 g/mol. The SMILES string of the molecule is CCCCCCCCCCCCCCCCCC(=O)O.CCCCCCCCCCCCCCCCCC(=O)O.[Mg+2].[Mg+2]. The summed E-state index contributed by atoms with van der Waals surface area (Å²) in [5, 5.41) is 17.0. The molecule has 0 atom stereocenters. The molecule has 0 unspecified atom stereocenters. The van der Waals surface area contributed by atoms with Gasteiger partial charge in [0.2, 0.25) is 0 Å². The van der Waals surface area contributed by atoms with Crippen molar-refractivity contribution in [1.29, 1.82) is 0 Å². The summed E-state index contributed by atoms with van der Waals surface area (Å²) in [5.41, 5.74) is 0. The average molecular weight is 618 g/mol. The van der Waals surface area contributed by atoms with Gasteiger partial charge in [0, 0.05) is 12.8 Å². The molecule has 6 heteroatoms. The van der Waals surface area contributed by atoms with Crippen molar-refractivity contribution in [3.05, 3.63) is 0 Å². The smallest absolute Gasteiger partial charge is 0.481 e. The molecule has 0 heterocycles. The fourth-order valence-electron chi connectivity index (χ4n) is 5.30. The van der Waals surface area contributed by atoms with Crippen molar-refractivity contribution in [3.63, 3.8) is 0 Å². The number of rotatable bonds is 32. The van der Waals surface area contributed by atoms with Crippen molar-refractivity contribution in [2.45, 2.75) is 219 Å². The quantitative estimate of drug-likeness (QED) is 0.0582. The Kier molecular flexibility index (Phi) is 53.9. The topological polar surface area (TPSA) is 74.6 Å². The summed E-state index contributed by atoms with van der Waals surface area (Å²) in [7, 11) is 0. The number of aliphatic carboxylic acids is 2. The summed E-state index contributed by atoms with van der Waals surface area (Å²) in [6, 6.07) is 0. The number of carbonyl (C=O) groups is 2. The second kappa shape index (κ2) is 45.9. The van der Waals surface area contributed by atoms with Crippen LogP contribution in [0.4, 0.5) is 0 Å². The Balaban J connectivity index is -0.000000328. The third kappa shape index (κ3) is 53.1. The molecule has 0 saturated carbocycles. The van der Waals surface area contributed by atoms with Crippen molar-refractivity contribution in [2.75, 3.05) is 0 Å². The first kappa shape index (κ1) is 49.4. The molecule has 0 spiro atoms. The predicted octanol–water partition coefficient (Wildman–Crippen LogP) is 11.9. The monoisotopic (exact) mass is 617 g/mol.